The van der Waals surface area contributed by atoms with Gasteiger partial charge in [0.1, 0.15) is 5.82 Å². The van der Waals surface area contributed by atoms with Crippen molar-refractivity contribution in [2.75, 3.05) is 23.3 Å². The third-order valence-electron chi connectivity index (χ3n) is 3.40. The average Bonchev–Trinajstić information content (AvgIpc) is 3.02. The SMILES string of the molecule is OC1CCN(c2cc(NC3CC3)ccc2F)C1. The highest BCUT2D eigenvalue weighted by Gasteiger charge is 2.24. The molecule has 2 fully saturated rings. The van der Waals surface area contributed by atoms with Crippen molar-refractivity contribution in [3.05, 3.63) is 24.0 Å². The van der Waals surface area contributed by atoms with Crippen LogP contribution < -0.4 is 10.2 Å². The van der Waals surface area contributed by atoms with E-state index in [0.717, 1.165) is 18.7 Å². The van der Waals surface area contributed by atoms with Gasteiger partial charge in [-0.25, -0.2) is 4.39 Å². The molecular weight excluding hydrogens is 219 g/mol. The van der Waals surface area contributed by atoms with Gasteiger partial charge in [-0.15, -0.1) is 0 Å². The summed E-state index contributed by atoms with van der Waals surface area (Å²) in [6.07, 6.45) is 2.80. The van der Waals surface area contributed by atoms with Crippen LogP contribution in [0.15, 0.2) is 18.2 Å². The van der Waals surface area contributed by atoms with Crippen LogP contribution in [0, 0.1) is 5.82 Å². The fourth-order valence-corrected chi connectivity index (χ4v) is 2.27. The molecule has 3 nitrogen and oxygen atoms in total. The summed E-state index contributed by atoms with van der Waals surface area (Å²) in [4.78, 5) is 1.91. The first-order valence-corrected chi connectivity index (χ1v) is 6.21. The minimum Gasteiger partial charge on any atom is -0.391 e. The highest BCUT2D eigenvalue weighted by molar-refractivity contribution is 5.60. The van der Waals surface area contributed by atoms with E-state index in [9.17, 15) is 9.50 Å². The first-order valence-electron chi connectivity index (χ1n) is 6.21. The Kier molecular flexibility index (Phi) is 2.67. The van der Waals surface area contributed by atoms with Crippen LogP contribution >= 0.6 is 0 Å². The molecule has 1 saturated heterocycles. The second-order valence-corrected chi connectivity index (χ2v) is 4.97. The van der Waals surface area contributed by atoms with Gasteiger partial charge in [-0.2, -0.15) is 0 Å². The smallest absolute Gasteiger partial charge is 0.146 e. The van der Waals surface area contributed by atoms with E-state index in [1.807, 2.05) is 11.0 Å². The van der Waals surface area contributed by atoms with E-state index in [0.29, 0.717) is 18.3 Å². The third-order valence-corrected chi connectivity index (χ3v) is 3.40. The molecule has 1 heterocycles. The standard InChI is InChI=1S/C13H17FN2O/c14-12-4-3-10(15-9-1-2-9)7-13(12)16-6-5-11(17)8-16/h3-4,7,9,11,15,17H,1-2,5-6,8H2. The zero-order valence-corrected chi connectivity index (χ0v) is 9.69. The maximum absolute atomic E-state index is 13.8. The van der Waals surface area contributed by atoms with Crippen LogP contribution in [0.25, 0.3) is 0 Å². The molecule has 17 heavy (non-hydrogen) atoms. The molecule has 0 bridgehead atoms. The van der Waals surface area contributed by atoms with Crippen molar-refractivity contribution in [2.45, 2.75) is 31.4 Å². The number of aliphatic hydroxyl groups is 1. The Morgan fingerprint density at radius 2 is 2.12 bits per heavy atom. The van der Waals surface area contributed by atoms with Gasteiger partial charge in [0, 0.05) is 24.8 Å². The maximum Gasteiger partial charge on any atom is 0.146 e. The van der Waals surface area contributed by atoms with E-state index < -0.39 is 0 Å². The normalized spacial score (nSPS) is 24.1. The first kappa shape index (κ1) is 10.8. The van der Waals surface area contributed by atoms with Crippen LogP contribution in [-0.2, 0) is 0 Å². The topological polar surface area (TPSA) is 35.5 Å². The van der Waals surface area contributed by atoms with Crippen molar-refractivity contribution in [3.63, 3.8) is 0 Å². The zero-order valence-electron chi connectivity index (χ0n) is 9.69. The lowest BCUT2D eigenvalue weighted by Gasteiger charge is -2.19. The van der Waals surface area contributed by atoms with E-state index >= 15 is 0 Å². The third kappa shape index (κ3) is 2.36. The molecule has 1 aromatic carbocycles. The van der Waals surface area contributed by atoms with Gasteiger partial charge in [0.2, 0.25) is 0 Å². The molecule has 92 valence electrons. The molecule has 1 aliphatic heterocycles. The number of hydrogen-bond acceptors (Lipinski definition) is 3. The molecule has 0 radical (unpaired) electrons. The Labute approximate surface area is 100 Å². The minimum absolute atomic E-state index is 0.208. The molecule has 1 aliphatic carbocycles. The fraction of sp³-hybridized carbons (Fsp3) is 0.538. The number of benzene rings is 1. The molecule has 1 aromatic rings. The summed E-state index contributed by atoms with van der Waals surface area (Å²) >= 11 is 0. The summed E-state index contributed by atoms with van der Waals surface area (Å²) in [5.41, 5.74) is 1.58. The zero-order chi connectivity index (χ0) is 11.8. The Morgan fingerprint density at radius 1 is 1.29 bits per heavy atom. The van der Waals surface area contributed by atoms with Gasteiger partial charge in [0.25, 0.3) is 0 Å². The molecule has 0 spiro atoms. The summed E-state index contributed by atoms with van der Waals surface area (Å²) in [6.45, 7) is 1.26. The predicted molar refractivity (Wildman–Crippen MR) is 65.9 cm³/mol. The number of anilines is 2. The lowest BCUT2D eigenvalue weighted by Crippen LogP contribution is -2.22. The van der Waals surface area contributed by atoms with E-state index in [-0.39, 0.29) is 11.9 Å². The van der Waals surface area contributed by atoms with Crippen molar-refractivity contribution < 1.29 is 9.50 Å². The highest BCUT2D eigenvalue weighted by atomic mass is 19.1. The highest BCUT2D eigenvalue weighted by Crippen LogP contribution is 2.30. The van der Waals surface area contributed by atoms with Crippen LogP contribution in [-0.4, -0.2) is 30.3 Å². The van der Waals surface area contributed by atoms with Crippen LogP contribution in [0.5, 0.6) is 0 Å². The summed E-state index contributed by atoms with van der Waals surface area (Å²) in [5.74, 6) is -0.208. The van der Waals surface area contributed by atoms with Gasteiger partial charge in [-0.1, -0.05) is 0 Å². The van der Waals surface area contributed by atoms with E-state index in [4.69, 9.17) is 0 Å². The number of aliphatic hydroxyl groups excluding tert-OH is 1. The number of nitrogens with zero attached hydrogens (tertiary/aromatic N) is 1. The molecule has 1 saturated carbocycles. The second kappa shape index (κ2) is 4.18. The van der Waals surface area contributed by atoms with E-state index in [2.05, 4.69) is 5.32 Å². The lowest BCUT2D eigenvalue weighted by molar-refractivity contribution is 0.198. The Bertz CT molecular complexity index is 420. The quantitative estimate of drug-likeness (QED) is 0.842. The van der Waals surface area contributed by atoms with Gasteiger partial charge in [0.05, 0.1) is 11.8 Å². The summed E-state index contributed by atoms with van der Waals surface area (Å²) in [6, 6.07) is 5.71. The summed E-state index contributed by atoms with van der Waals surface area (Å²) < 4.78 is 13.8. The second-order valence-electron chi connectivity index (χ2n) is 4.97. The molecular formula is C13H17FN2O. The fourth-order valence-electron chi connectivity index (χ4n) is 2.27. The van der Waals surface area contributed by atoms with Gasteiger partial charge >= 0.3 is 0 Å². The number of hydrogen-bond donors (Lipinski definition) is 2. The van der Waals surface area contributed by atoms with Crippen molar-refractivity contribution in [1.82, 2.24) is 0 Å². The summed E-state index contributed by atoms with van der Waals surface area (Å²) in [7, 11) is 0. The molecule has 1 atom stereocenters. The molecule has 4 heteroatoms. The number of β-amino-alcohol motifs (C(OH)–C–C–N with tert-alkyl or cyclic N) is 1. The maximum atomic E-state index is 13.8. The molecule has 2 aliphatic rings. The number of rotatable bonds is 3. The average molecular weight is 236 g/mol. The molecule has 3 rings (SSSR count). The van der Waals surface area contributed by atoms with E-state index in [1.165, 1.54) is 18.9 Å². The largest absolute Gasteiger partial charge is 0.391 e. The first-order chi connectivity index (χ1) is 8.22. The van der Waals surface area contributed by atoms with Gasteiger partial charge in [-0.3, -0.25) is 0 Å². The number of nitrogens with one attached hydrogen (secondary N) is 1. The van der Waals surface area contributed by atoms with Crippen molar-refractivity contribution in [3.8, 4) is 0 Å². The lowest BCUT2D eigenvalue weighted by atomic mass is 10.2. The van der Waals surface area contributed by atoms with Gasteiger partial charge in [-0.05, 0) is 37.5 Å². The van der Waals surface area contributed by atoms with Crippen LogP contribution in [0.4, 0.5) is 15.8 Å². The van der Waals surface area contributed by atoms with Gasteiger partial charge in [0.15, 0.2) is 0 Å². The molecule has 1 unspecified atom stereocenters. The molecule has 0 aromatic heterocycles. The Balaban J connectivity index is 1.81. The van der Waals surface area contributed by atoms with Crippen molar-refractivity contribution >= 4 is 11.4 Å². The Hall–Kier alpha value is -1.29. The monoisotopic (exact) mass is 236 g/mol. The van der Waals surface area contributed by atoms with Crippen molar-refractivity contribution in [2.24, 2.45) is 0 Å². The van der Waals surface area contributed by atoms with Gasteiger partial charge < -0.3 is 15.3 Å². The minimum atomic E-state index is -0.325. The molecule has 0 amide bonds. The van der Waals surface area contributed by atoms with E-state index in [1.54, 1.807) is 6.07 Å². The van der Waals surface area contributed by atoms with Crippen molar-refractivity contribution in [1.29, 1.82) is 0 Å². The number of halogens is 1. The van der Waals surface area contributed by atoms with Crippen LogP contribution in [0.3, 0.4) is 0 Å². The Morgan fingerprint density at radius 3 is 2.76 bits per heavy atom. The van der Waals surface area contributed by atoms with Crippen LogP contribution in [0.2, 0.25) is 0 Å². The summed E-state index contributed by atoms with van der Waals surface area (Å²) in [5, 5.41) is 12.9. The van der Waals surface area contributed by atoms with Crippen LogP contribution in [0.1, 0.15) is 19.3 Å². The predicted octanol–water partition coefficient (Wildman–Crippen LogP) is 1.97. The molecule has 2 N–H and O–H groups in total.